The summed E-state index contributed by atoms with van der Waals surface area (Å²) >= 11 is 0.995. The highest BCUT2D eigenvalue weighted by Gasteiger charge is 2.10. The van der Waals surface area contributed by atoms with E-state index in [1.165, 1.54) is 29.6 Å². The number of hydrogen-bond donors (Lipinski definition) is 3. The van der Waals surface area contributed by atoms with Gasteiger partial charge >= 0.3 is 12.0 Å². The van der Waals surface area contributed by atoms with Crippen LogP contribution < -0.4 is 10.6 Å². The van der Waals surface area contributed by atoms with Crippen LogP contribution in [0.1, 0.15) is 10.5 Å². The standard InChI is InChI=1S/C11H8FN3O3S/c12-6-1-3-7(4-2-6)13-10(18)15-11-14-8(5-19-11)9(16)17/h1-5H,(H,16,17)(H2,13,14,15,18). The number of aromatic nitrogens is 1. The average molecular weight is 281 g/mol. The first-order valence-corrected chi connectivity index (χ1v) is 5.95. The fraction of sp³-hybridized carbons (Fsp3) is 0. The van der Waals surface area contributed by atoms with Crippen molar-refractivity contribution < 1.29 is 19.1 Å². The fourth-order valence-electron chi connectivity index (χ4n) is 1.22. The molecule has 0 saturated heterocycles. The van der Waals surface area contributed by atoms with E-state index in [0.29, 0.717) is 5.69 Å². The Morgan fingerprint density at radius 2 is 1.89 bits per heavy atom. The third-order valence-corrected chi connectivity index (χ3v) is 2.80. The molecule has 6 nitrogen and oxygen atoms in total. The monoisotopic (exact) mass is 281 g/mol. The summed E-state index contributed by atoms with van der Waals surface area (Å²) in [5.41, 5.74) is 0.274. The molecular formula is C11H8FN3O3S. The number of urea groups is 1. The molecule has 0 radical (unpaired) electrons. The van der Waals surface area contributed by atoms with E-state index >= 15 is 0 Å². The van der Waals surface area contributed by atoms with Crippen molar-refractivity contribution in [3.05, 3.63) is 41.2 Å². The Kier molecular flexibility index (Phi) is 3.71. The minimum atomic E-state index is -1.16. The molecule has 2 amide bonds. The topological polar surface area (TPSA) is 91.3 Å². The molecular weight excluding hydrogens is 273 g/mol. The maximum Gasteiger partial charge on any atom is 0.355 e. The molecule has 1 heterocycles. The molecule has 0 atom stereocenters. The highest BCUT2D eigenvalue weighted by Crippen LogP contribution is 2.16. The quantitative estimate of drug-likeness (QED) is 0.806. The van der Waals surface area contributed by atoms with Gasteiger partial charge in [0.2, 0.25) is 0 Å². The second-order valence-electron chi connectivity index (χ2n) is 3.43. The lowest BCUT2D eigenvalue weighted by atomic mass is 10.3. The number of amides is 2. The number of anilines is 2. The van der Waals surface area contributed by atoms with Crippen LogP contribution in [0.25, 0.3) is 0 Å². The Labute approximate surface area is 110 Å². The summed E-state index contributed by atoms with van der Waals surface area (Å²) in [6, 6.07) is 4.64. The number of halogens is 1. The van der Waals surface area contributed by atoms with Gasteiger partial charge in [-0.3, -0.25) is 5.32 Å². The maximum absolute atomic E-state index is 12.7. The van der Waals surface area contributed by atoms with Gasteiger partial charge in [0.15, 0.2) is 10.8 Å². The normalized spacial score (nSPS) is 9.95. The van der Waals surface area contributed by atoms with E-state index in [4.69, 9.17) is 5.11 Å². The maximum atomic E-state index is 12.7. The summed E-state index contributed by atoms with van der Waals surface area (Å²) in [4.78, 5) is 25.8. The Bertz CT molecular complexity index is 612. The van der Waals surface area contributed by atoms with E-state index in [1.807, 2.05) is 0 Å². The van der Waals surface area contributed by atoms with Gasteiger partial charge in [-0.05, 0) is 24.3 Å². The lowest BCUT2D eigenvalue weighted by Crippen LogP contribution is -2.19. The van der Waals surface area contributed by atoms with Crippen molar-refractivity contribution in [2.75, 3.05) is 10.6 Å². The molecule has 2 rings (SSSR count). The molecule has 3 N–H and O–H groups in total. The number of carbonyl (C=O) groups excluding carboxylic acids is 1. The second-order valence-corrected chi connectivity index (χ2v) is 4.29. The number of thiazole rings is 1. The van der Waals surface area contributed by atoms with Crippen LogP contribution >= 0.6 is 11.3 Å². The van der Waals surface area contributed by atoms with Crippen molar-refractivity contribution in [1.82, 2.24) is 4.98 Å². The third kappa shape index (κ3) is 3.49. The van der Waals surface area contributed by atoms with Crippen molar-refractivity contribution in [3.63, 3.8) is 0 Å². The summed E-state index contributed by atoms with van der Waals surface area (Å²) in [7, 11) is 0. The molecule has 0 fully saturated rings. The van der Waals surface area contributed by atoms with Crippen molar-refractivity contribution in [3.8, 4) is 0 Å². The van der Waals surface area contributed by atoms with Crippen LogP contribution in [0, 0.1) is 5.82 Å². The summed E-state index contributed by atoms with van der Waals surface area (Å²) in [6.45, 7) is 0. The molecule has 0 spiro atoms. The molecule has 0 aliphatic rings. The van der Waals surface area contributed by atoms with E-state index in [-0.39, 0.29) is 10.8 Å². The lowest BCUT2D eigenvalue weighted by Gasteiger charge is -2.04. The molecule has 0 aliphatic heterocycles. The summed E-state index contributed by atoms with van der Waals surface area (Å²) in [5, 5.41) is 15.0. The van der Waals surface area contributed by atoms with E-state index in [2.05, 4.69) is 15.6 Å². The zero-order valence-electron chi connectivity index (χ0n) is 9.38. The molecule has 1 aromatic carbocycles. The number of nitrogens with one attached hydrogen (secondary N) is 2. The van der Waals surface area contributed by atoms with Crippen LogP contribution in [0.3, 0.4) is 0 Å². The van der Waals surface area contributed by atoms with E-state index < -0.39 is 17.8 Å². The largest absolute Gasteiger partial charge is 0.476 e. The van der Waals surface area contributed by atoms with Gasteiger partial charge in [-0.2, -0.15) is 0 Å². The van der Waals surface area contributed by atoms with Gasteiger partial charge in [0.1, 0.15) is 5.82 Å². The summed E-state index contributed by atoms with van der Waals surface area (Å²) < 4.78 is 12.7. The van der Waals surface area contributed by atoms with E-state index in [0.717, 1.165) is 11.3 Å². The number of hydrogen-bond acceptors (Lipinski definition) is 4. The highest BCUT2D eigenvalue weighted by molar-refractivity contribution is 7.14. The van der Waals surface area contributed by atoms with Crippen molar-refractivity contribution in [1.29, 1.82) is 0 Å². The number of carboxylic acid groups (broad SMARTS) is 1. The van der Waals surface area contributed by atoms with Crippen molar-refractivity contribution in [2.45, 2.75) is 0 Å². The second kappa shape index (κ2) is 5.44. The number of carbonyl (C=O) groups is 2. The van der Waals surface area contributed by atoms with Crippen LogP contribution in [-0.2, 0) is 0 Å². The van der Waals surface area contributed by atoms with Gasteiger partial charge in [-0.15, -0.1) is 11.3 Å². The Balaban J connectivity index is 1.97. The fourth-order valence-corrected chi connectivity index (χ4v) is 1.90. The number of aromatic carboxylic acids is 1. The minimum absolute atomic E-state index is 0.137. The van der Waals surface area contributed by atoms with Crippen molar-refractivity contribution >= 4 is 34.2 Å². The van der Waals surface area contributed by atoms with Gasteiger partial charge in [-0.1, -0.05) is 0 Å². The van der Waals surface area contributed by atoms with E-state index in [9.17, 15) is 14.0 Å². The van der Waals surface area contributed by atoms with Gasteiger partial charge < -0.3 is 10.4 Å². The molecule has 98 valence electrons. The van der Waals surface area contributed by atoms with Crippen LogP contribution in [0.4, 0.5) is 20.0 Å². The molecule has 2 aromatic rings. The van der Waals surface area contributed by atoms with Gasteiger partial charge in [0.25, 0.3) is 0 Å². The molecule has 1 aromatic heterocycles. The number of carboxylic acids is 1. The average Bonchev–Trinajstić information content (AvgIpc) is 2.80. The molecule has 0 saturated carbocycles. The predicted molar refractivity (Wildman–Crippen MR) is 68.1 cm³/mol. The zero-order chi connectivity index (χ0) is 13.8. The van der Waals surface area contributed by atoms with Crippen LogP contribution in [0.15, 0.2) is 29.6 Å². The molecule has 0 aliphatic carbocycles. The van der Waals surface area contributed by atoms with Crippen LogP contribution in [0.5, 0.6) is 0 Å². The van der Waals surface area contributed by atoms with Gasteiger partial charge in [0, 0.05) is 11.1 Å². The van der Waals surface area contributed by atoms with Crippen LogP contribution in [-0.4, -0.2) is 22.1 Å². The first-order chi connectivity index (χ1) is 9.04. The molecule has 0 bridgehead atoms. The SMILES string of the molecule is O=C(Nc1ccc(F)cc1)Nc1nc(C(=O)O)cs1. The van der Waals surface area contributed by atoms with Crippen molar-refractivity contribution in [2.24, 2.45) is 0 Å². The Hall–Kier alpha value is -2.48. The Morgan fingerprint density at radius 3 is 2.47 bits per heavy atom. The van der Waals surface area contributed by atoms with Gasteiger partial charge in [0.05, 0.1) is 0 Å². The smallest absolute Gasteiger partial charge is 0.355 e. The zero-order valence-corrected chi connectivity index (χ0v) is 10.2. The highest BCUT2D eigenvalue weighted by atomic mass is 32.1. The molecule has 19 heavy (non-hydrogen) atoms. The summed E-state index contributed by atoms with van der Waals surface area (Å²) in [5.74, 6) is -1.57. The Morgan fingerprint density at radius 1 is 1.21 bits per heavy atom. The minimum Gasteiger partial charge on any atom is -0.476 e. The number of benzene rings is 1. The van der Waals surface area contributed by atoms with Gasteiger partial charge in [-0.25, -0.2) is 19.0 Å². The molecule has 0 unspecified atom stereocenters. The molecule has 8 heteroatoms. The predicted octanol–water partition coefficient (Wildman–Crippen LogP) is 2.62. The first kappa shape index (κ1) is 13.0. The third-order valence-electron chi connectivity index (χ3n) is 2.05. The van der Waals surface area contributed by atoms with E-state index in [1.54, 1.807) is 0 Å². The number of rotatable bonds is 3. The first-order valence-electron chi connectivity index (χ1n) is 5.07. The number of nitrogens with zero attached hydrogens (tertiary/aromatic N) is 1. The van der Waals surface area contributed by atoms with Crippen LogP contribution in [0.2, 0.25) is 0 Å². The summed E-state index contributed by atoms with van der Waals surface area (Å²) in [6.07, 6.45) is 0. The lowest BCUT2D eigenvalue weighted by molar-refractivity contribution is 0.0691.